The monoisotopic (exact) mass is 224 g/mol. The number of carboxylic acids is 1. The van der Waals surface area contributed by atoms with Gasteiger partial charge in [-0.05, 0) is 12.5 Å². The molecule has 0 fully saturated rings. The van der Waals surface area contributed by atoms with Gasteiger partial charge >= 0.3 is 5.97 Å². The normalized spacial score (nSPS) is 9.93. The molecule has 0 radical (unpaired) electrons. The molecule has 0 amide bonds. The summed E-state index contributed by atoms with van der Waals surface area (Å²) in [4.78, 5) is 21.9. The summed E-state index contributed by atoms with van der Waals surface area (Å²) in [6, 6.07) is 7.31. The summed E-state index contributed by atoms with van der Waals surface area (Å²) >= 11 is 1.12. The largest absolute Gasteiger partial charge is 0.481 e. The lowest BCUT2D eigenvalue weighted by molar-refractivity contribution is -0.133. The quantitative estimate of drug-likeness (QED) is 0.777. The maximum atomic E-state index is 11.6. The number of hydrogen-bond donors (Lipinski definition) is 1. The Labute approximate surface area is 92.5 Å². The minimum Gasteiger partial charge on any atom is -0.481 e. The highest BCUT2D eigenvalue weighted by molar-refractivity contribution is 8.00. The number of carbonyl (C=O) groups excluding carboxylic acids is 1. The van der Waals surface area contributed by atoms with Gasteiger partial charge in [-0.2, -0.15) is 0 Å². The van der Waals surface area contributed by atoms with Gasteiger partial charge in [-0.25, -0.2) is 0 Å². The van der Waals surface area contributed by atoms with Gasteiger partial charge in [-0.1, -0.05) is 24.3 Å². The van der Waals surface area contributed by atoms with E-state index >= 15 is 0 Å². The van der Waals surface area contributed by atoms with Crippen LogP contribution in [0.1, 0.15) is 15.9 Å². The molecule has 0 bridgehead atoms. The fourth-order valence-electron chi connectivity index (χ4n) is 1.19. The number of ketones is 1. The predicted molar refractivity (Wildman–Crippen MR) is 60.5 cm³/mol. The molecule has 0 heterocycles. The number of carbonyl (C=O) groups is 2. The molecule has 1 aromatic rings. The molecule has 4 heteroatoms. The van der Waals surface area contributed by atoms with Crippen LogP contribution in [0.2, 0.25) is 0 Å². The zero-order valence-electron chi connectivity index (χ0n) is 8.40. The Bertz CT molecular complexity index is 374. The van der Waals surface area contributed by atoms with Crippen molar-refractivity contribution in [3.8, 4) is 0 Å². The summed E-state index contributed by atoms with van der Waals surface area (Å²) in [6.45, 7) is 1.87. The van der Waals surface area contributed by atoms with E-state index in [9.17, 15) is 9.59 Å². The molecule has 1 rings (SSSR count). The van der Waals surface area contributed by atoms with Gasteiger partial charge < -0.3 is 5.11 Å². The van der Waals surface area contributed by atoms with E-state index in [-0.39, 0.29) is 17.3 Å². The Kier molecular flexibility index (Phi) is 4.37. The van der Waals surface area contributed by atoms with E-state index in [1.165, 1.54) is 0 Å². The molecule has 0 aliphatic rings. The third-order valence-electron chi connectivity index (χ3n) is 1.90. The Morgan fingerprint density at radius 3 is 2.53 bits per heavy atom. The van der Waals surface area contributed by atoms with Gasteiger partial charge in [0.25, 0.3) is 0 Å². The number of hydrogen-bond acceptors (Lipinski definition) is 3. The number of thioether (sulfide) groups is 1. The van der Waals surface area contributed by atoms with Crippen molar-refractivity contribution >= 4 is 23.5 Å². The molecule has 1 N–H and O–H groups in total. The molecule has 0 spiro atoms. The Balaban J connectivity index is 2.54. The van der Waals surface area contributed by atoms with Gasteiger partial charge in [0.1, 0.15) is 0 Å². The van der Waals surface area contributed by atoms with Crippen LogP contribution >= 0.6 is 11.8 Å². The van der Waals surface area contributed by atoms with Crippen LogP contribution in [0, 0.1) is 6.92 Å². The molecule has 0 aliphatic carbocycles. The first kappa shape index (κ1) is 11.8. The first-order valence-corrected chi connectivity index (χ1v) is 5.65. The van der Waals surface area contributed by atoms with Crippen molar-refractivity contribution < 1.29 is 14.7 Å². The van der Waals surface area contributed by atoms with Crippen LogP contribution in [-0.2, 0) is 4.79 Å². The van der Waals surface area contributed by atoms with Crippen LogP contribution in [0.3, 0.4) is 0 Å². The summed E-state index contributed by atoms with van der Waals surface area (Å²) in [6.07, 6.45) is 0. The lowest BCUT2D eigenvalue weighted by Crippen LogP contribution is -2.07. The van der Waals surface area contributed by atoms with Gasteiger partial charge in [0.05, 0.1) is 11.5 Å². The van der Waals surface area contributed by atoms with Crippen LogP contribution in [0.25, 0.3) is 0 Å². The SMILES string of the molecule is Cc1ccccc1C(=O)CSCC(=O)O. The number of rotatable bonds is 5. The highest BCUT2D eigenvalue weighted by Gasteiger charge is 2.08. The second-order valence-electron chi connectivity index (χ2n) is 3.12. The summed E-state index contributed by atoms with van der Waals surface area (Å²) in [5.41, 5.74) is 1.61. The molecule has 0 atom stereocenters. The zero-order chi connectivity index (χ0) is 11.3. The van der Waals surface area contributed by atoms with E-state index in [2.05, 4.69) is 0 Å². The van der Waals surface area contributed by atoms with Gasteiger partial charge in [0.2, 0.25) is 0 Å². The third kappa shape index (κ3) is 3.75. The number of aryl methyl sites for hydroxylation is 1. The summed E-state index contributed by atoms with van der Waals surface area (Å²) in [5.74, 6) is -0.716. The predicted octanol–water partition coefficient (Wildman–Crippen LogP) is 2.00. The minimum atomic E-state index is -0.891. The number of aliphatic carboxylic acids is 1. The second kappa shape index (κ2) is 5.56. The van der Waals surface area contributed by atoms with Crippen LogP contribution < -0.4 is 0 Å². The van der Waals surface area contributed by atoms with Crippen molar-refractivity contribution in [2.75, 3.05) is 11.5 Å². The highest BCUT2D eigenvalue weighted by Crippen LogP contribution is 2.11. The third-order valence-corrected chi connectivity index (χ3v) is 2.82. The van der Waals surface area contributed by atoms with Crippen LogP contribution in [0.15, 0.2) is 24.3 Å². The van der Waals surface area contributed by atoms with E-state index in [0.29, 0.717) is 5.56 Å². The Morgan fingerprint density at radius 1 is 1.27 bits per heavy atom. The number of carboxylic acid groups (broad SMARTS) is 1. The fraction of sp³-hybridized carbons (Fsp3) is 0.273. The summed E-state index contributed by atoms with van der Waals surface area (Å²) in [7, 11) is 0. The van der Waals surface area contributed by atoms with Crippen molar-refractivity contribution in [1.82, 2.24) is 0 Å². The van der Waals surface area contributed by atoms with Crippen LogP contribution in [0.4, 0.5) is 0 Å². The highest BCUT2D eigenvalue weighted by atomic mass is 32.2. The summed E-state index contributed by atoms with van der Waals surface area (Å²) in [5, 5.41) is 8.42. The molecule has 1 aromatic carbocycles. The molecule has 0 aromatic heterocycles. The van der Waals surface area contributed by atoms with Crippen LogP contribution in [-0.4, -0.2) is 28.4 Å². The van der Waals surface area contributed by atoms with Gasteiger partial charge in [-0.3, -0.25) is 9.59 Å². The molecule has 0 saturated heterocycles. The first-order valence-electron chi connectivity index (χ1n) is 4.49. The summed E-state index contributed by atoms with van der Waals surface area (Å²) < 4.78 is 0. The average Bonchev–Trinajstić information content (AvgIpc) is 2.17. The Hall–Kier alpha value is -1.29. The van der Waals surface area contributed by atoms with Crippen molar-refractivity contribution in [3.63, 3.8) is 0 Å². The zero-order valence-corrected chi connectivity index (χ0v) is 9.21. The number of Topliss-reactive ketones (excluding diaryl/α,β-unsaturated/α-hetero) is 1. The molecule has 0 unspecified atom stereocenters. The van der Waals surface area contributed by atoms with Crippen molar-refractivity contribution in [1.29, 1.82) is 0 Å². The van der Waals surface area contributed by atoms with E-state index in [1.807, 2.05) is 25.1 Å². The molecule has 3 nitrogen and oxygen atoms in total. The minimum absolute atomic E-state index is 0.0145. The smallest absolute Gasteiger partial charge is 0.313 e. The van der Waals surface area contributed by atoms with E-state index in [4.69, 9.17) is 5.11 Å². The number of benzene rings is 1. The molecular formula is C11H12O3S. The van der Waals surface area contributed by atoms with Gasteiger partial charge in [0, 0.05) is 5.56 Å². The van der Waals surface area contributed by atoms with Crippen molar-refractivity contribution in [3.05, 3.63) is 35.4 Å². The topological polar surface area (TPSA) is 54.4 Å². The van der Waals surface area contributed by atoms with Crippen molar-refractivity contribution in [2.45, 2.75) is 6.92 Å². The van der Waals surface area contributed by atoms with Crippen LogP contribution in [0.5, 0.6) is 0 Å². The molecule has 80 valence electrons. The average molecular weight is 224 g/mol. The van der Waals surface area contributed by atoms with Crippen molar-refractivity contribution in [2.24, 2.45) is 0 Å². The molecule has 0 aliphatic heterocycles. The maximum Gasteiger partial charge on any atom is 0.313 e. The fourth-order valence-corrected chi connectivity index (χ4v) is 1.81. The molecule has 15 heavy (non-hydrogen) atoms. The molecular weight excluding hydrogens is 212 g/mol. The second-order valence-corrected chi connectivity index (χ2v) is 4.11. The maximum absolute atomic E-state index is 11.6. The standard InChI is InChI=1S/C11H12O3S/c1-8-4-2-3-5-9(8)10(12)6-15-7-11(13)14/h2-5H,6-7H2,1H3,(H,13,14). The lowest BCUT2D eigenvalue weighted by atomic mass is 10.1. The van der Waals surface area contributed by atoms with E-state index < -0.39 is 5.97 Å². The Morgan fingerprint density at radius 2 is 1.93 bits per heavy atom. The lowest BCUT2D eigenvalue weighted by Gasteiger charge is -2.03. The first-order chi connectivity index (χ1) is 7.11. The van der Waals surface area contributed by atoms with Gasteiger partial charge in [0.15, 0.2) is 5.78 Å². The molecule has 0 saturated carbocycles. The van der Waals surface area contributed by atoms with E-state index in [0.717, 1.165) is 17.3 Å². The van der Waals surface area contributed by atoms with Gasteiger partial charge in [-0.15, -0.1) is 11.8 Å². The van der Waals surface area contributed by atoms with E-state index in [1.54, 1.807) is 6.07 Å².